The van der Waals surface area contributed by atoms with Crippen molar-refractivity contribution in [2.24, 2.45) is 5.41 Å². The fourth-order valence-electron chi connectivity index (χ4n) is 1.61. The number of aliphatic hydroxyl groups excluding tert-OH is 1. The molecular formula is C14H28O2. The molecule has 0 aliphatic heterocycles. The lowest BCUT2D eigenvalue weighted by molar-refractivity contribution is -0.128. The second-order valence-corrected chi connectivity index (χ2v) is 5.73. The maximum Gasteiger partial charge on any atom is 0.140 e. The van der Waals surface area contributed by atoms with Crippen LogP contribution in [-0.2, 0) is 4.79 Å². The summed E-state index contributed by atoms with van der Waals surface area (Å²) < 4.78 is 0. The van der Waals surface area contributed by atoms with Gasteiger partial charge >= 0.3 is 0 Å². The largest absolute Gasteiger partial charge is 0.393 e. The van der Waals surface area contributed by atoms with Gasteiger partial charge in [0.1, 0.15) is 5.78 Å². The van der Waals surface area contributed by atoms with E-state index in [4.69, 9.17) is 0 Å². The number of carbonyl (C=O) groups is 1. The molecule has 0 aromatic rings. The van der Waals surface area contributed by atoms with Crippen molar-refractivity contribution >= 4 is 5.78 Å². The van der Waals surface area contributed by atoms with E-state index in [9.17, 15) is 9.90 Å². The van der Waals surface area contributed by atoms with E-state index in [2.05, 4.69) is 6.92 Å². The van der Waals surface area contributed by atoms with Crippen LogP contribution in [0.5, 0.6) is 0 Å². The van der Waals surface area contributed by atoms with E-state index in [1.807, 2.05) is 20.8 Å². The van der Waals surface area contributed by atoms with E-state index in [1.54, 1.807) is 0 Å². The zero-order chi connectivity index (χ0) is 12.6. The van der Waals surface area contributed by atoms with E-state index in [0.29, 0.717) is 6.42 Å². The van der Waals surface area contributed by atoms with Crippen LogP contribution in [0.15, 0.2) is 0 Å². The van der Waals surface area contributed by atoms with Gasteiger partial charge in [-0.2, -0.15) is 0 Å². The van der Waals surface area contributed by atoms with Gasteiger partial charge in [-0.05, 0) is 6.42 Å². The molecule has 0 aliphatic rings. The number of aliphatic hydroxyl groups is 1. The van der Waals surface area contributed by atoms with Crippen LogP contribution in [0.4, 0.5) is 0 Å². The van der Waals surface area contributed by atoms with Crippen molar-refractivity contribution in [1.29, 1.82) is 0 Å². The van der Waals surface area contributed by atoms with Crippen molar-refractivity contribution in [3.05, 3.63) is 0 Å². The Balaban J connectivity index is 3.59. The van der Waals surface area contributed by atoms with Crippen LogP contribution in [0.3, 0.4) is 0 Å². The van der Waals surface area contributed by atoms with E-state index < -0.39 is 6.10 Å². The third kappa shape index (κ3) is 7.86. The Bertz CT molecular complexity index is 191. The van der Waals surface area contributed by atoms with Crippen molar-refractivity contribution in [3.8, 4) is 0 Å². The lowest BCUT2D eigenvalue weighted by atomic mass is 9.87. The second-order valence-electron chi connectivity index (χ2n) is 5.73. The predicted molar refractivity (Wildman–Crippen MR) is 68.5 cm³/mol. The summed E-state index contributed by atoms with van der Waals surface area (Å²) in [6.07, 6.45) is 6.63. The number of unbranched alkanes of at least 4 members (excludes halogenated alkanes) is 4. The molecule has 0 aromatic heterocycles. The lowest BCUT2D eigenvalue weighted by Crippen LogP contribution is -2.25. The average Bonchev–Trinajstić information content (AvgIpc) is 2.16. The summed E-state index contributed by atoms with van der Waals surface area (Å²) >= 11 is 0. The molecular weight excluding hydrogens is 200 g/mol. The third-order valence-electron chi connectivity index (χ3n) is 2.90. The number of hydrogen-bond acceptors (Lipinski definition) is 2. The SMILES string of the molecule is CCCCCCCC(O)CC(=O)C(C)(C)C. The number of carbonyl (C=O) groups excluding carboxylic acids is 1. The molecule has 2 nitrogen and oxygen atoms in total. The van der Waals surface area contributed by atoms with Gasteiger partial charge in [0, 0.05) is 11.8 Å². The van der Waals surface area contributed by atoms with Gasteiger partial charge < -0.3 is 5.11 Å². The Kier molecular flexibility index (Phi) is 7.65. The molecule has 1 atom stereocenters. The number of hydrogen-bond donors (Lipinski definition) is 1. The minimum atomic E-state index is -0.437. The summed E-state index contributed by atoms with van der Waals surface area (Å²) in [5, 5.41) is 9.72. The smallest absolute Gasteiger partial charge is 0.140 e. The van der Waals surface area contributed by atoms with Gasteiger partial charge in [-0.3, -0.25) is 4.79 Å². The molecule has 1 unspecified atom stereocenters. The summed E-state index contributed by atoms with van der Waals surface area (Å²) in [5.74, 6) is 0.161. The van der Waals surface area contributed by atoms with Gasteiger partial charge in [-0.1, -0.05) is 59.8 Å². The van der Waals surface area contributed by atoms with E-state index >= 15 is 0 Å². The van der Waals surface area contributed by atoms with Crippen molar-refractivity contribution in [2.45, 2.75) is 78.7 Å². The minimum Gasteiger partial charge on any atom is -0.393 e. The van der Waals surface area contributed by atoms with E-state index in [1.165, 1.54) is 25.7 Å². The molecule has 0 spiro atoms. The maximum absolute atomic E-state index is 11.7. The summed E-state index contributed by atoms with van der Waals surface area (Å²) in [7, 11) is 0. The standard InChI is InChI=1S/C14H28O2/c1-5-6-7-8-9-10-12(15)11-13(16)14(2,3)4/h12,15H,5-11H2,1-4H3. The first-order valence-corrected chi connectivity index (χ1v) is 6.59. The summed E-state index contributed by atoms with van der Waals surface area (Å²) in [6, 6.07) is 0. The quantitative estimate of drug-likeness (QED) is 0.643. The first-order valence-electron chi connectivity index (χ1n) is 6.59. The normalized spacial score (nSPS) is 13.8. The van der Waals surface area contributed by atoms with Crippen molar-refractivity contribution in [3.63, 3.8) is 0 Å². The molecule has 96 valence electrons. The molecule has 16 heavy (non-hydrogen) atoms. The van der Waals surface area contributed by atoms with Gasteiger partial charge in [0.15, 0.2) is 0 Å². The molecule has 0 saturated carbocycles. The Labute approximate surface area is 100 Å². The number of Topliss-reactive ketones (excluding diaryl/α,β-unsaturated/α-hetero) is 1. The van der Waals surface area contributed by atoms with Gasteiger partial charge in [0.25, 0.3) is 0 Å². The maximum atomic E-state index is 11.7. The molecule has 0 amide bonds. The molecule has 0 fully saturated rings. The summed E-state index contributed by atoms with van der Waals surface area (Å²) in [4.78, 5) is 11.7. The Morgan fingerprint density at radius 2 is 1.69 bits per heavy atom. The molecule has 1 N–H and O–H groups in total. The first kappa shape index (κ1) is 15.6. The molecule has 2 heteroatoms. The van der Waals surface area contributed by atoms with Crippen molar-refractivity contribution in [2.75, 3.05) is 0 Å². The fraction of sp³-hybridized carbons (Fsp3) is 0.929. The highest BCUT2D eigenvalue weighted by molar-refractivity contribution is 5.83. The second kappa shape index (κ2) is 7.83. The zero-order valence-electron chi connectivity index (χ0n) is 11.4. The van der Waals surface area contributed by atoms with Crippen LogP contribution >= 0.6 is 0 Å². The number of ketones is 1. The monoisotopic (exact) mass is 228 g/mol. The molecule has 0 aliphatic carbocycles. The fourth-order valence-corrected chi connectivity index (χ4v) is 1.61. The molecule has 0 radical (unpaired) electrons. The molecule has 0 rings (SSSR count). The summed E-state index contributed by atoms with van der Waals surface area (Å²) in [6.45, 7) is 7.91. The van der Waals surface area contributed by atoms with Crippen LogP contribution in [0.2, 0.25) is 0 Å². The number of rotatable bonds is 8. The first-order chi connectivity index (χ1) is 7.38. The third-order valence-corrected chi connectivity index (χ3v) is 2.90. The molecule has 0 aromatic carbocycles. The minimum absolute atomic E-state index is 0.161. The van der Waals surface area contributed by atoms with Gasteiger partial charge in [0.2, 0.25) is 0 Å². The van der Waals surface area contributed by atoms with Gasteiger partial charge in [0.05, 0.1) is 6.10 Å². The molecule has 0 saturated heterocycles. The average molecular weight is 228 g/mol. The predicted octanol–water partition coefficient (Wildman–Crippen LogP) is 3.71. The highest BCUT2D eigenvalue weighted by Crippen LogP contribution is 2.19. The van der Waals surface area contributed by atoms with Crippen molar-refractivity contribution < 1.29 is 9.90 Å². The molecule has 0 bridgehead atoms. The highest BCUT2D eigenvalue weighted by atomic mass is 16.3. The Hall–Kier alpha value is -0.370. The van der Waals surface area contributed by atoms with E-state index in [0.717, 1.165) is 12.8 Å². The van der Waals surface area contributed by atoms with Gasteiger partial charge in [-0.15, -0.1) is 0 Å². The summed E-state index contributed by atoms with van der Waals surface area (Å²) in [5.41, 5.74) is -0.316. The topological polar surface area (TPSA) is 37.3 Å². The lowest BCUT2D eigenvalue weighted by Gasteiger charge is -2.19. The zero-order valence-corrected chi connectivity index (χ0v) is 11.4. The van der Waals surface area contributed by atoms with Crippen LogP contribution in [0, 0.1) is 5.41 Å². The highest BCUT2D eigenvalue weighted by Gasteiger charge is 2.23. The van der Waals surface area contributed by atoms with Crippen LogP contribution in [-0.4, -0.2) is 17.0 Å². The van der Waals surface area contributed by atoms with Crippen LogP contribution in [0.25, 0.3) is 0 Å². The van der Waals surface area contributed by atoms with Crippen LogP contribution < -0.4 is 0 Å². The van der Waals surface area contributed by atoms with Crippen LogP contribution in [0.1, 0.15) is 72.6 Å². The van der Waals surface area contributed by atoms with E-state index in [-0.39, 0.29) is 11.2 Å². The van der Waals surface area contributed by atoms with Gasteiger partial charge in [-0.25, -0.2) is 0 Å². The Morgan fingerprint density at radius 1 is 1.12 bits per heavy atom. The van der Waals surface area contributed by atoms with Crippen molar-refractivity contribution in [1.82, 2.24) is 0 Å². The Morgan fingerprint density at radius 3 is 2.19 bits per heavy atom. The molecule has 0 heterocycles.